The summed E-state index contributed by atoms with van der Waals surface area (Å²) in [7, 11) is 1.61. The molecule has 0 saturated carbocycles. The molecule has 1 aliphatic rings. The molecule has 0 saturated heterocycles. The van der Waals surface area contributed by atoms with Crippen molar-refractivity contribution < 1.29 is 14.6 Å². The van der Waals surface area contributed by atoms with Crippen molar-refractivity contribution in [3.05, 3.63) is 64.2 Å². The van der Waals surface area contributed by atoms with E-state index in [4.69, 9.17) is 21.1 Å². The van der Waals surface area contributed by atoms with E-state index in [0.717, 1.165) is 16.9 Å². The van der Waals surface area contributed by atoms with Crippen LogP contribution in [0.3, 0.4) is 0 Å². The summed E-state index contributed by atoms with van der Waals surface area (Å²) in [6.45, 7) is 3.84. The molecule has 1 heterocycles. The van der Waals surface area contributed by atoms with E-state index in [2.05, 4.69) is 0 Å². The van der Waals surface area contributed by atoms with Gasteiger partial charge in [0, 0.05) is 16.1 Å². The summed E-state index contributed by atoms with van der Waals surface area (Å²) in [5, 5.41) is 11.7. The molecular weight excluding hydrogens is 288 g/mol. The summed E-state index contributed by atoms with van der Waals surface area (Å²) < 4.78 is 11.1. The van der Waals surface area contributed by atoms with Gasteiger partial charge in [-0.05, 0) is 55.8 Å². The van der Waals surface area contributed by atoms with E-state index in [0.29, 0.717) is 10.6 Å². The Balaban J connectivity index is 2.14. The number of hydrogen-bond acceptors (Lipinski definition) is 3. The van der Waals surface area contributed by atoms with Crippen LogP contribution in [0, 0.1) is 0 Å². The second-order valence-corrected chi connectivity index (χ2v) is 6.11. The number of hydrogen-bond donors (Lipinski definition) is 1. The van der Waals surface area contributed by atoms with Crippen molar-refractivity contribution >= 4 is 11.6 Å². The third-order valence-electron chi connectivity index (χ3n) is 3.88. The molecule has 3 nitrogen and oxygen atoms in total. The Labute approximate surface area is 129 Å². The fourth-order valence-electron chi connectivity index (χ4n) is 2.82. The maximum Gasteiger partial charge on any atom is 0.221 e. The molecule has 1 unspecified atom stereocenters. The van der Waals surface area contributed by atoms with E-state index in [-0.39, 0.29) is 0 Å². The summed E-state index contributed by atoms with van der Waals surface area (Å²) in [6.07, 6.45) is 0. The highest BCUT2D eigenvalue weighted by molar-refractivity contribution is 6.30. The second-order valence-electron chi connectivity index (χ2n) is 5.67. The van der Waals surface area contributed by atoms with Crippen LogP contribution in [0.15, 0.2) is 42.5 Å². The van der Waals surface area contributed by atoms with Gasteiger partial charge < -0.3 is 14.6 Å². The smallest absolute Gasteiger partial charge is 0.221 e. The molecule has 0 spiro atoms. The van der Waals surface area contributed by atoms with Crippen molar-refractivity contribution in [2.24, 2.45) is 0 Å². The van der Waals surface area contributed by atoms with E-state index in [1.165, 1.54) is 0 Å². The van der Waals surface area contributed by atoms with Crippen molar-refractivity contribution in [2.75, 3.05) is 7.11 Å². The molecule has 1 atom stereocenters. The minimum atomic E-state index is -1.48. The van der Waals surface area contributed by atoms with Gasteiger partial charge in [-0.25, -0.2) is 0 Å². The summed E-state index contributed by atoms with van der Waals surface area (Å²) in [6, 6.07) is 12.6. The highest BCUT2D eigenvalue weighted by atomic mass is 35.5. The fourth-order valence-corrected chi connectivity index (χ4v) is 2.99. The number of rotatable bonds is 2. The van der Waals surface area contributed by atoms with Gasteiger partial charge in [0.25, 0.3) is 0 Å². The van der Waals surface area contributed by atoms with Gasteiger partial charge in [-0.2, -0.15) is 0 Å². The van der Waals surface area contributed by atoms with Crippen LogP contribution < -0.4 is 4.74 Å². The lowest BCUT2D eigenvalue weighted by Gasteiger charge is -2.27. The summed E-state index contributed by atoms with van der Waals surface area (Å²) in [5.41, 5.74) is 1.67. The van der Waals surface area contributed by atoms with Gasteiger partial charge in [0.2, 0.25) is 5.79 Å². The van der Waals surface area contributed by atoms with Crippen LogP contribution in [0.2, 0.25) is 5.02 Å². The van der Waals surface area contributed by atoms with E-state index < -0.39 is 11.4 Å². The van der Waals surface area contributed by atoms with Crippen molar-refractivity contribution in [3.8, 4) is 5.75 Å². The Hall–Kier alpha value is -1.55. The first-order chi connectivity index (χ1) is 9.87. The summed E-state index contributed by atoms with van der Waals surface area (Å²) in [5.74, 6) is -0.744. The van der Waals surface area contributed by atoms with E-state index in [1.54, 1.807) is 37.4 Å². The molecule has 0 aliphatic carbocycles. The highest BCUT2D eigenvalue weighted by Gasteiger charge is 2.49. The van der Waals surface area contributed by atoms with Crippen molar-refractivity contribution in [3.63, 3.8) is 0 Å². The molecule has 110 valence electrons. The van der Waals surface area contributed by atoms with Gasteiger partial charge in [0.15, 0.2) is 0 Å². The van der Waals surface area contributed by atoms with Crippen LogP contribution in [0.5, 0.6) is 5.75 Å². The standard InChI is InChI=1S/C17H17ClO3/c1-16(2)15-10-12(18)6-9-14(15)17(19,21-16)11-4-7-13(20-3)8-5-11/h4-10,19H,1-3H3. The lowest BCUT2D eigenvalue weighted by atomic mass is 9.91. The lowest BCUT2D eigenvalue weighted by Crippen LogP contribution is -2.30. The number of fused-ring (bicyclic) bond motifs is 1. The van der Waals surface area contributed by atoms with Crippen LogP contribution in [0.4, 0.5) is 0 Å². The van der Waals surface area contributed by atoms with Gasteiger partial charge >= 0.3 is 0 Å². The zero-order valence-corrected chi connectivity index (χ0v) is 12.9. The van der Waals surface area contributed by atoms with Crippen molar-refractivity contribution in [1.82, 2.24) is 0 Å². The third-order valence-corrected chi connectivity index (χ3v) is 4.11. The number of ether oxygens (including phenoxy) is 2. The Bertz CT molecular complexity index is 679. The molecular formula is C17H17ClO3. The molecule has 3 rings (SSSR count). The maximum atomic E-state index is 11.1. The molecule has 4 heteroatoms. The van der Waals surface area contributed by atoms with Crippen LogP contribution in [-0.4, -0.2) is 12.2 Å². The van der Waals surface area contributed by atoms with E-state index in [9.17, 15) is 5.11 Å². The Morgan fingerprint density at radius 3 is 2.33 bits per heavy atom. The average Bonchev–Trinajstić information content (AvgIpc) is 2.66. The Morgan fingerprint density at radius 1 is 1.05 bits per heavy atom. The lowest BCUT2D eigenvalue weighted by molar-refractivity contribution is -0.222. The zero-order valence-electron chi connectivity index (χ0n) is 12.2. The summed E-state index contributed by atoms with van der Waals surface area (Å²) >= 11 is 6.08. The predicted molar refractivity (Wildman–Crippen MR) is 81.6 cm³/mol. The molecule has 0 aromatic heterocycles. The van der Waals surface area contributed by atoms with Gasteiger partial charge in [-0.3, -0.25) is 0 Å². The summed E-state index contributed by atoms with van der Waals surface area (Å²) in [4.78, 5) is 0. The zero-order chi connectivity index (χ0) is 15.3. The fraction of sp³-hybridized carbons (Fsp3) is 0.294. The van der Waals surface area contributed by atoms with Crippen LogP contribution in [0.1, 0.15) is 30.5 Å². The normalized spacial score (nSPS) is 22.9. The van der Waals surface area contributed by atoms with Gasteiger partial charge in [-0.1, -0.05) is 17.7 Å². The van der Waals surface area contributed by atoms with Crippen molar-refractivity contribution in [1.29, 1.82) is 0 Å². The molecule has 1 aliphatic heterocycles. The third kappa shape index (κ3) is 2.22. The SMILES string of the molecule is COc1ccc(C2(O)OC(C)(C)c3cc(Cl)ccc32)cc1. The van der Waals surface area contributed by atoms with Crippen LogP contribution in [0.25, 0.3) is 0 Å². The molecule has 2 aromatic rings. The Kier molecular flexibility index (Phi) is 3.24. The maximum absolute atomic E-state index is 11.1. The van der Waals surface area contributed by atoms with Gasteiger partial charge in [0.05, 0.1) is 12.7 Å². The monoisotopic (exact) mass is 304 g/mol. The molecule has 1 N–H and O–H groups in total. The van der Waals surface area contributed by atoms with Crippen molar-refractivity contribution in [2.45, 2.75) is 25.2 Å². The van der Waals surface area contributed by atoms with E-state index >= 15 is 0 Å². The average molecular weight is 305 g/mol. The molecule has 0 amide bonds. The van der Waals surface area contributed by atoms with Gasteiger partial charge in [-0.15, -0.1) is 0 Å². The first kappa shape index (κ1) is 14.4. The predicted octanol–water partition coefficient (Wildman–Crippen LogP) is 3.81. The first-order valence-electron chi connectivity index (χ1n) is 6.74. The first-order valence-corrected chi connectivity index (χ1v) is 7.12. The topological polar surface area (TPSA) is 38.7 Å². The second kappa shape index (κ2) is 4.73. The Morgan fingerprint density at radius 2 is 1.71 bits per heavy atom. The number of methoxy groups -OCH3 is 1. The molecule has 2 aromatic carbocycles. The quantitative estimate of drug-likeness (QED) is 0.917. The van der Waals surface area contributed by atoms with Gasteiger partial charge in [0.1, 0.15) is 5.75 Å². The number of halogens is 1. The largest absolute Gasteiger partial charge is 0.497 e. The molecule has 0 fully saturated rings. The van der Waals surface area contributed by atoms with Crippen LogP contribution >= 0.6 is 11.6 Å². The number of benzene rings is 2. The molecule has 0 bridgehead atoms. The molecule has 21 heavy (non-hydrogen) atoms. The molecule has 0 radical (unpaired) electrons. The van der Waals surface area contributed by atoms with E-state index in [1.807, 2.05) is 26.0 Å². The minimum absolute atomic E-state index is 0.616. The number of aliphatic hydroxyl groups is 1. The highest BCUT2D eigenvalue weighted by Crippen LogP contribution is 2.49. The van der Waals surface area contributed by atoms with Crippen LogP contribution in [-0.2, 0) is 16.1 Å². The minimum Gasteiger partial charge on any atom is -0.497 e.